The molecule has 25 heavy (non-hydrogen) atoms. The van der Waals surface area contributed by atoms with Crippen molar-refractivity contribution in [2.24, 2.45) is 0 Å². The molecule has 7 heteroatoms. The molecule has 0 saturated heterocycles. The average molecular weight is 351 g/mol. The monoisotopic (exact) mass is 351 g/mol. The second-order valence-corrected chi connectivity index (χ2v) is 6.31. The standard InChI is InChI=1S/C18H20F3N3O/c1-12-6-5-7-13(10-12)24(2)16-15(18(19,20)21)11-22-17(23-16)25-14-8-3-4-9-14/h5-7,10-11,14H,3-4,8-9H2,1-2H3. The molecule has 1 aliphatic rings. The average Bonchev–Trinajstić information content (AvgIpc) is 3.06. The smallest absolute Gasteiger partial charge is 0.421 e. The van der Waals surface area contributed by atoms with Crippen LogP contribution in [0.25, 0.3) is 0 Å². The third kappa shape index (κ3) is 4.03. The van der Waals surface area contributed by atoms with E-state index < -0.39 is 11.7 Å². The molecule has 0 spiro atoms. The summed E-state index contributed by atoms with van der Waals surface area (Å²) in [5.74, 6) is -0.207. The summed E-state index contributed by atoms with van der Waals surface area (Å²) in [4.78, 5) is 9.28. The van der Waals surface area contributed by atoms with Gasteiger partial charge in [-0.3, -0.25) is 0 Å². The molecule has 0 atom stereocenters. The van der Waals surface area contributed by atoms with Crippen LogP contribution < -0.4 is 9.64 Å². The quantitative estimate of drug-likeness (QED) is 0.786. The molecule has 2 aromatic rings. The van der Waals surface area contributed by atoms with Crippen molar-refractivity contribution in [1.29, 1.82) is 0 Å². The molecule has 1 fully saturated rings. The molecule has 0 radical (unpaired) electrons. The summed E-state index contributed by atoms with van der Waals surface area (Å²) in [6, 6.07) is 7.23. The van der Waals surface area contributed by atoms with E-state index >= 15 is 0 Å². The highest BCUT2D eigenvalue weighted by Gasteiger charge is 2.37. The van der Waals surface area contributed by atoms with Crippen LogP contribution in [0.15, 0.2) is 30.5 Å². The summed E-state index contributed by atoms with van der Waals surface area (Å²) in [5, 5.41) is 0. The van der Waals surface area contributed by atoms with Crippen molar-refractivity contribution in [3.63, 3.8) is 0 Å². The molecule has 0 amide bonds. The maximum atomic E-state index is 13.4. The van der Waals surface area contributed by atoms with Crippen molar-refractivity contribution in [3.05, 3.63) is 41.6 Å². The van der Waals surface area contributed by atoms with E-state index in [9.17, 15) is 13.2 Å². The Morgan fingerprint density at radius 2 is 1.92 bits per heavy atom. The SMILES string of the molecule is Cc1cccc(N(C)c2nc(OC3CCCC3)ncc2C(F)(F)F)c1. The molecule has 4 nitrogen and oxygen atoms in total. The van der Waals surface area contributed by atoms with E-state index in [1.807, 2.05) is 13.0 Å². The second kappa shape index (κ2) is 6.90. The first kappa shape index (κ1) is 17.5. The van der Waals surface area contributed by atoms with Crippen LogP contribution in [0.5, 0.6) is 6.01 Å². The minimum absolute atomic E-state index is 0.00518. The van der Waals surface area contributed by atoms with Gasteiger partial charge in [0.1, 0.15) is 11.7 Å². The summed E-state index contributed by atoms with van der Waals surface area (Å²) in [7, 11) is 1.56. The first-order chi connectivity index (χ1) is 11.8. The number of nitrogens with zero attached hydrogens (tertiary/aromatic N) is 3. The fourth-order valence-electron chi connectivity index (χ4n) is 2.98. The molecule has 3 rings (SSSR count). The molecule has 1 aliphatic carbocycles. The van der Waals surface area contributed by atoms with Crippen molar-refractivity contribution in [2.45, 2.75) is 44.9 Å². The number of anilines is 2. The van der Waals surface area contributed by atoms with Crippen molar-refractivity contribution in [3.8, 4) is 6.01 Å². The number of ether oxygens (including phenoxy) is 1. The van der Waals surface area contributed by atoms with Gasteiger partial charge >= 0.3 is 12.2 Å². The van der Waals surface area contributed by atoms with E-state index in [4.69, 9.17) is 4.74 Å². The van der Waals surface area contributed by atoms with E-state index in [-0.39, 0.29) is 17.9 Å². The first-order valence-electron chi connectivity index (χ1n) is 8.26. The number of rotatable bonds is 4. The largest absolute Gasteiger partial charge is 0.460 e. The van der Waals surface area contributed by atoms with Gasteiger partial charge in [0.15, 0.2) is 5.82 Å². The molecule has 0 aliphatic heterocycles. The Morgan fingerprint density at radius 1 is 1.20 bits per heavy atom. The summed E-state index contributed by atoms with van der Waals surface area (Å²) in [6.07, 6.45) is 0.121. The van der Waals surface area contributed by atoms with E-state index in [1.165, 1.54) is 4.90 Å². The minimum atomic E-state index is -4.54. The zero-order valence-corrected chi connectivity index (χ0v) is 14.2. The second-order valence-electron chi connectivity index (χ2n) is 6.31. The molecule has 1 saturated carbocycles. The predicted molar refractivity (Wildman–Crippen MR) is 89.2 cm³/mol. The molecular formula is C18H20F3N3O. The number of halogens is 3. The highest BCUT2D eigenvalue weighted by molar-refractivity contribution is 5.63. The lowest BCUT2D eigenvalue weighted by Gasteiger charge is -2.23. The van der Waals surface area contributed by atoms with Crippen LogP contribution in [-0.4, -0.2) is 23.1 Å². The van der Waals surface area contributed by atoms with Crippen LogP contribution in [0.1, 0.15) is 36.8 Å². The topological polar surface area (TPSA) is 38.2 Å². The minimum Gasteiger partial charge on any atom is -0.460 e. The summed E-state index contributed by atoms with van der Waals surface area (Å²) >= 11 is 0. The van der Waals surface area contributed by atoms with Gasteiger partial charge in [0.2, 0.25) is 0 Å². The number of alkyl halides is 3. The van der Waals surface area contributed by atoms with Crippen molar-refractivity contribution < 1.29 is 17.9 Å². The fraction of sp³-hybridized carbons (Fsp3) is 0.444. The molecular weight excluding hydrogens is 331 g/mol. The van der Waals surface area contributed by atoms with Gasteiger partial charge in [0.05, 0.1) is 0 Å². The van der Waals surface area contributed by atoms with Crippen LogP contribution in [-0.2, 0) is 6.18 Å². The van der Waals surface area contributed by atoms with E-state index in [0.717, 1.165) is 37.4 Å². The number of aromatic nitrogens is 2. The Hall–Kier alpha value is -2.31. The summed E-state index contributed by atoms with van der Waals surface area (Å²) in [5.41, 5.74) is 0.695. The molecule has 1 aromatic heterocycles. The number of hydrogen-bond donors (Lipinski definition) is 0. The van der Waals surface area contributed by atoms with Gasteiger partial charge in [-0.15, -0.1) is 0 Å². The van der Waals surface area contributed by atoms with Crippen LogP contribution in [0, 0.1) is 6.92 Å². The van der Waals surface area contributed by atoms with E-state index in [2.05, 4.69) is 9.97 Å². The van der Waals surface area contributed by atoms with Gasteiger partial charge in [0.25, 0.3) is 0 Å². The molecule has 0 unspecified atom stereocenters. The Morgan fingerprint density at radius 3 is 2.56 bits per heavy atom. The first-order valence-corrected chi connectivity index (χ1v) is 8.26. The van der Waals surface area contributed by atoms with Crippen molar-refractivity contribution in [2.75, 3.05) is 11.9 Å². The van der Waals surface area contributed by atoms with Crippen LogP contribution in [0.4, 0.5) is 24.7 Å². The third-order valence-corrected chi connectivity index (χ3v) is 4.33. The highest BCUT2D eigenvalue weighted by Crippen LogP contribution is 2.38. The lowest BCUT2D eigenvalue weighted by molar-refractivity contribution is -0.137. The number of benzene rings is 1. The van der Waals surface area contributed by atoms with Gasteiger partial charge in [-0.2, -0.15) is 18.2 Å². The van der Waals surface area contributed by atoms with E-state index in [1.54, 1.807) is 25.2 Å². The van der Waals surface area contributed by atoms with E-state index in [0.29, 0.717) is 5.69 Å². The Labute approximate surface area is 144 Å². The van der Waals surface area contributed by atoms with Crippen LogP contribution >= 0.6 is 0 Å². The Balaban J connectivity index is 1.98. The number of hydrogen-bond acceptors (Lipinski definition) is 4. The van der Waals surface area contributed by atoms with Gasteiger partial charge in [-0.1, -0.05) is 12.1 Å². The molecule has 1 heterocycles. The molecule has 0 N–H and O–H groups in total. The predicted octanol–water partition coefficient (Wildman–Crippen LogP) is 4.89. The number of aryl methyl sites for hydroxylation is 1. The maximum Gasteiger partial charge on any atom is 0.421 e. The van der Waals surface area contributed by atoms with Gasteiger partial charge in [-0.05, 0) is 50.3 Å². The highest BCUT2D eigenvalue weighted by atomic mass is 19.4. The zero-order valence-electron chi connectivity index (χ0n) is 14.2. The van der Waals surface area contributed by atoms with Crippen LogP contribution in [0.2, 0.25) is 0 Å². The van der Waals surface area contributed by atoms with Crippen molar-refractivity contribution in [1.82, 2.24) is 9.97 Å². The van der Waals surface area contributed by atoms with Gasteiger partial charge in [-0.25, -0.2) is 4.98 Å². The van der Waals surface area contributed by atoms with Gasteiger partial charge in [0, 0.05) is 18.9 Å². The van der Waals surface area contributed by atoms with Crippen molar-refractivity contribution >= 4 is 11.5 Å². The summed E-state index contributed by atoms with van der Waals surface area (Å²) < 4.78 is 45.9. The lowest BCUT2D eigenvalue weighted by Crippen LogP contribution is -2.20. The molecule has 1 aromatic carbocycles. The van der Waals surface area contributed by atoms with Gasteiger partial charge < -0.3 is 9.64 Å². The summed E-state index contributed by atoms with van der Waals surface area (Å²) in [6.45, 7) is 1.89. The molecule has 0 bridgehead atoms. The Bertz CT molecular complexity index is 743. The third-order valence-electron chi connectivity index (χ3n) is 4.33. The lowest BCUT2D eigenvalue weighted by atomic mass is 10.2. The zero-order chi connectivity index (χ0) is 18.0. The maximum absolute atomic E-state index is 13.4. The Kier molecular flexibility index (Phi) is 4.83. The fourth-order valence-corrected chi connectivity index (χ4v) is 2.98. The van der Waals surface area contributed by atoms with Crippen LogP contribution in [0.3, 0.4) is 0 Å². The normalized spacial score (nSPS) is 15.4. The molecule has 134 valence electrons.